The van der Waals surface area contributed by atoms with E-state index in [1.165, 1.54) is 12.0 Å². The molecule has 1 amide bonds. The van der Waals surface area contributed by atoms with Crippen molar-refractivity contribution < 1.29 is 18.8 Å². The molecule has 3 aliphatic rings. The second-order valence-electron chi connectivity index (χ2n) is 8.34. The minimum absolute atomic E-state index is 0.172. The van der Waals surface area contributed by atoms with E-state index in [-0.39, 0.29) is 12.7 Å². The number of ether oxygens (including phenoxy) is 2. The predicted molar refractivity (Wildman–Crippen MR) is 103 cm³/mol. The molecule has 6 heteroatoms. The lowest BCUT2D eigenvalue weighted by atomic mass is 9.83. The summed E-state index contributed by atoms with van der Waals surface area (Å²) in [7, 11) is 0. The highest BCUT2D eigenvalue weighted by Gasteiger charge is 2.31. The summed E-state index contributed by atoms with van der Waals surface area (Å²) in [5.41, 5.74) is 3.48. The Hall–Kier alpha value is -2.50. The molecular weight excluding hydrogens is 356 g/mol. The smallest absolute Gasteiger partial charge is 0.231 e. The first kappa shape index (κ1) is 17.6. The van der Waals surface area contributed by atoms with Crippen LogP contribution in [-0.2, 0) is 24.1 Å². The first-order valence-electron chi connectivity index (χ1n) is 10.3. The van der Waals surface area contributed by atoms with Gasteiger partial charge in [0, 0.05) is 24.6 Å². The highest BCUT2D eigenvalue weighted by molar-refractivity contribution is 5.79. The summed E-state index contributed by atoms with van der Waals surface area (Å²) < 4.78 is 16.5. The van der Waals surface area contributed by atoms with Gasteiger partial charge in [0.25, 0.3) is 0 Å². The van der Waals surface area contributed by atoms with Gasteiger partial charge in [-0.3, -0.25) is 4.79 Å². The van der Waals surface area contributed by atoms with Crippen LogP contribution in [0.4, 0.5) is 0 Å². The van der Waals surface area contributed by atoms with Gasteiger partial charge in [0.2, 0.25) is 12.7 Å². The molecule has 1 atom stereocenters. The summed E-state index contributed by atoms with van der Waals surface area (Å²) >= 11 is 0. The van der Waals surface area contributed by atoms with Crippen LogP contribution in [0.25, 0.3) is 0 Å². The number of carbonyl (C=O) groups is 1. The van der Waals surface area contributed by atoms with E-state index in [0.29, 0.717) is 18.3 Å². The van der Waals surface area contributed by atoms with Crippen molar-refractivity contribution in [1.82, 2.24) is 10.1 Å². The van der Waals surface area contributed by atoms with Crippen molar-refractivity contribution in [3.05, 3.63) is 40.8 Å². The third kappa shape index (κ3) is 3.25. The molecule has 0 bridgehead atoms. The molecule has 3 heterocycles. The molecule has 1 aromatic heterocycles. The van der Waals surface area contributed by atoms with E-state index in [0.717, 1.165) is 67.3 Å². The van der Waals surface area contributed by atoms with Gasteiger partial charge >= 0.3 is 0 Å². The van der Waals surface area contributed by atoms with Gasteiger partial charge in [0.15, 0.2) is 11.5 Å². The van der Waals surface area contributed by atoms with Crippen LogP contribution in [0.5, 0.6) is 11.5 Å². The Bertz CT molecular complexity index is 883. The minimum Gasteiger partial charge on any atom is -0.454 e. The van der Waals surface area contributed by atoms with Crippen LogP contribution >= 0.6 is 0 Å². The number of fused-ring (bicyclic) bond motifs is 2. The van der Waals surface area contributed by atoms with Gasteiger partial charge in [-0.15, -0.1) is 0 Å². The van der Waals surface area contributed by atoms with Gasteiger partial charge in [0.05, 0.1) is 12.1 Å². The Balaban J connectivity index is 1.20. The fraction of sp³-hybridized carbons (Fsp3) is 0.545. The Morgan fingerprint density at radius 1 is 1.18 bits per heavy atom. The van der Waals surface area contributed by atoms with E-state index in [4.69, 9.17) is 14.0 Å². The Labute approximate surface area is 164 Å². The summed E-state index contributed by atoms with van der Waals surface area (Å²) in [5.74, 6) is 3.83. The molecule has 1 unspecified atom stereocenters. The third-order valence-electron chi connectivity index (χ3n) is 6.34. The molecule has 28 heavy (non-hydrogen) atoms. The Morgan fingerprint density at radius 2 is 2.00 bits per heavy atom. The average Bonchev–Trinajstić information content (AvgIpc) is 3.34. The summed E-state index contributed by atoms with van der Waals surface area (Å²) in [5, 5.41) is 4.33. The summed E-state index contributed by atoms with van der Waals surface area (Å²) in [4.78, 5) is 14.7. The van der Waals surface area contributed by atoms with Crippen molar-refractivity contribution in [3.8, 4) is 11.5 Å². The van der Waals surface area contributed by atoms with Crippen molar-refractivity contribution in [2.45, 2.75) is 51.4 Å². The molecule has 2 aromatic rings. The first-order chi connectivity index (χ1) is 13.7. The van der Waals surface area contributed by atoms with Crippen LogP contribution in [0.2, 0.25) is 0 Å². The zero-order valence-electron chi connectivity index (χ0n) is 16.3. The number of carbonyl (C=O) groups excluding carboxylic acids is 1. The lowest BCUT2D eigenvalue weighted by Crippen LogP contribution is -2.38. The van der Waals surface area contributed by atoms with E-state index in [9.17, 15) is 4.79 Å². The highest BCUT2D eigenvalue weighted by Crippen LogP contribution is 2.36. The standard InChI is InChI=1S/C22H26N2O4/c1-14-2-4-18-17(10-14)22(28-23-18)16-6-8-24(9-7-16)21(25)12-15-3-5-19-20(11-15)27-13-26-19/h3,5,11,14,16H,2,4,6-10,12-13H2,1H3. The molecule has 0 spiro atoms. The van der Waals surface area contributed by atoms with Crippen molar-refractivity contribution in [3.63, 3.8) is 0 Å². The molecule has 0 radical (unpaired) electrons. The maximum Gasteiger partial charge on any atom is 0.231 e. The number of hydrogen-bond donors (Lipinski definition) is 0. The maximum absolute atomic E-state index is 12.8. The molecule has 148 valence electrons. The Morgan fingerprint density at radius 3 is 2.86 bits per heavy atom. The molecule has 5 rings (SSSR count). The summed E-state index contributed by atoms with van der Waals surface area (Å²) in [6.07, 6.45) is 5.61. The number of aromatic nitrogens is 1. The number of amides is 1. The van der Waals surface area contributed by atoms with E-state index >= 15 is 0 Å². The summed E-state index contributed by atoms with van der Waals surface area (Å²) in [6, 6.07) is 5.74. The SMILES string of the molecule is CC1CCc2noc(C3CCN(C(=O)Cc4ccc5c(c4)OCO5)CC3)c2C1. The predicted octanol–water partition coefficient (Wildman–Crippen LogP) is 3.48. The molecular formula is C22H26N2O4. The molecule has 2 aliphatic heterocycles. The topological polar surface area (TPSA) is 64.8 Å². The number of aryl methyl sites for hydroxylation is 1. The second-order valence-corrected chi connectivity index (χ2v) is 8.34. The van der Waals surface area contributed by atoms with Crippen molar-refractivity contribution in [2.24, 2.45) is 5.92 Å². The van der Waals surface area contributed by atoms with E-state index in [1.807, 2.05) is 23.1 Å². The van der Waals surface area contributed by atoms with Crippen LogP contribution in [0.15, 0.2) is 22.7 Å². The number of rotatable bonds is 3. The zero-order chi connectivity index (χ0) is 19.1. The number of piperidine rings is 1. The Kier molecular flexibility index (Phi) is 4.49. The van der Waals surface area contributed by atoms with E-state index < -0.39 is 0 Å². The summed E-state index contributed by atoms with van der Waals surface area (Å²) in [6.45, 7) is 4.11. The number of nitrogens with zero attached hydrogens (tertiary/aromatic N) is 2. The molecule has 1 aromatic carbocycles. The average molecular weight is 382 g/mol. The molecule has 0 saturated carbocycles. The largest absolute Gasteiger partial charge is 0.454 e. The number of benzene rings is 1. The van der Waals surface area contributed by atoms with Crippen LogP contribution in [0.1, 0.15) is 54.7 Å². The van der Waals surface area contributed by atoms with E-state index in [2.05, 4.69) is 12.1 Å². The molecule has 1 saturated heterocycles. The minimum atomic E-state index is 0.172. The lowest BCUT2D eigenvalue weighted by molar-refractivity contribution is -0.131. The van der Waals surface area contributed by atoms with Gasteiger partial charge in [-0.2, -0.15) is 0 Å². The molecule has 1 fully saturated rings. The van der Waals surface area contributed by atoms with Gasteiger partial charge in [-0.05, 0) is 55.7 Å². The van der Waals surface area contributed by atoms with Crippen LogP contribution in [-0.4, -0.2) is 35.8 Å². The molecule has 0 N–H and O–H groups in total. The van der Waals surface area contributed by atoms with Gasteiger partial charge in [-0.1, -0.05) is 18.1 Å². The lowest BCUT2D eigenvalue weighted by Gasteiger charge is -2.31. The fourth-order valence-corrected chi connectivity index (χ4v) is 4.65. The van der Waals surface area contributed by atoms with Crippen LogP contribution in [0, 0.1) is 5.92 Å². The van der Waals surface area contributed by atoms with Gasteiger partial charge < -0.3 is 18.9 Å². The van der Waals surface area contributed by atoms with Gasteiger partial charge in [0.1, 0.15) is 5.76 Å². The van der Waals surface area contributed by atoms with Crippen molar-refractivity contribution >= 4 is 5.91 Å². The van der Waals surface area contributed by atoms with Gasteiger partial charge in [-0.25, -0.2) is 0 Å². The first-order valence-corrected chi connectivity index (χ1v) is 10.3. The highest BCUT2D eigenvalue weighted by atomic mass is 16.7. The maximum atomic E-state index is 12.8. The van der Waals surface area contributed by atoms with Crippen LogP contribution in [0.3, 0.4) is 0 Å². The normalized spacial score (nSPS) is 21.6. The van der Waals surface area contributed by atoms with Crippen molar-refractivity contribution in [1.29, 1.82) is 0 Å². The fourth-order valence-electron chi connectivity index (χ4n) is 4.65. The number of hydrogen-bond acceptors (Lipinski definition) is 5. The third-order valence-corrected chi connectivity index (χ3v) is 6.34. The number of likely N-dealkylation sites (tertiary alicyclic amines) is 1. The molecule has 1 aliphatic carbocycles. The van der Waals surface area contributed by atoms with Crippen LogP contribution < -0.4 is 9.47 Å². The van der Waals surface area contributed by atoms with Crippen molar-refractivity contribution in [2.75, 3.05) is 19.9 Å². The quantitative estimate of drug-likeness (QED) is 0.813. The monoisotopic (exact) mass is 382 g/mol. The molecule has 6 nitrogen and oxygen atoms in total. The van der Waals surface area contributed by atoms with E-state index in [1.54, 1.807) is 0 Å². The second kappa shape index (κ2) is 7.15. The zero-order valence-corrected chi connectivity index (χ0v) is 16.3.